The standard InChI is InChI=1S/C21H36N6O2/c1-8-21(6)15-16(19(29)27(21)14(4)5)24(7)20(23-17(15)22)26-11-9-25(10-12-26)18(28)13(2)3/h13-14,20H,8-12H2,1-7H3,(H2,22,23). The maximum atomic E-state index is 13.4. The molecule has 3 aliphatic heterocycles. The summed E-state index contributed by atoms with van der Waals surface area (Å²) in [7, 11) is 1.93. The van der Waals surface area contributed by atoms with Crippen LogP contribution in [0, 0.1) is 5.92 Å². The molecule has 0 aliphatic carbocycles. The second-order valence-corrected chi connectivity index (χ2v) is 9.11. The van der Waals surface area contributed by atoms with Gasteiger partial charge in [0.15, 0.2) is 6.29 Å². The number of nitrogens with two attached hydrogens (primary N) is 1. The smallest absolute Gasteiger partial charge is 0.271 e. The SMILES string of the molecule is CCC1(C)C2=C(C(=O)N1C(C)C)N(C)C(N1CCN(C(=O)C(C)C)CC1)N=C2N. The molecule has 3 aliphatic rings. The summed E-state index contributed by atoms with van der Waals surface area (Å²) in [5, 5.41) is 0. The number of rotatable bonds is 4. The van der Waals surface area contributed by atoms with Crippen molar-refractivity contribution in [2.24, 2.45) is 16.6 Å². The molecule has 0 bridgehead atoms. The van der Waals surface area contributed by atoms with Crippen LogP contribution in [0.15, 0.2) is 16.3 Å². The average molecular weight is 405 g/mol. The van der Waals surface area contributed by atoms with Crippen molar-refractivity contribution in [3.63, 3.8) is 0 Å². The molecule has 1 saturated heterocycles. The fraction of sp³-hybridized carbons (Fsp3) is 0.762. The van der Waals surface area contributed by atoms with Crippen LogP contribution in [-0.2, 0) is 9.59 Å². The first-order valence-corrected chi connectivity index (χ1v) is 10.7. The molecule has 8 heteroatoms. The number of hydrogen-bond donors (Lipinski definition) is 1. The molecule has 162 valence electrons. The Kier molecular flexibility index (Phi) is 5.69. The van der Waals surface area contributed by atoms with Crippen LogP contribution in [0.5, 0.6) is 0 Å². The van der Waals surface area contributed by atoms with E-state index in [0.717, 1.165) is 12.0 Å². The number of likely N-dealkylation sites (N-methyl/N-ethyl adjacent to an activating group) is 1. The molecular weight excluding hydrogens is 368 g/mol. The molecule has 3 rings (SSSR count). The molecule has 0 spiro atoms. The molecule has 0 aromatic carbocycles. The largest absolute Gasteiger partial charge is 0.384 e. The molecule has 0 aromatic heterocycles. The molecule has 8 nitrogen and oxygen atoms in total. The summed E-state index contributed by atoms with van der Waals surface area (Å²) in [5.74, 6) is 0.681. The molecule has 0 saturated carbocycles. The third kappa shape index (κ3) is 3.31. The van der Waals surface area contributed by atoms with E-state index in [2.05, 4.69) is 18.7 Å². The minimum Gasteiger partial charge on any atom is -0.384 e. The van der Waals surface area contributed by atoms with E-state index in [1.165, 1.54) is 0 Å². The number of piperazine rings is 1. The summed E-state index contributed by atoms with van der Waals surface area (Å²) >= 11 is 0. The van der Waals surface area contributed by atoms with E-state index >= 15 is 0 Å². The highest BCUT2D eigenvalue weighted by molar-refractivity contribution is 6.12. The third-order valence-electron chi connectivity index (χ3n) is 6.59. The zero-order chi connectivity index (χ0) is 21.7. The zero-order valence-corrected chi connectivity index (χ0v) is 18.9. The van der Waals surface area contributed by atoms with Crippen LogP contribution in [0.4, 0.5) is 0 Å². The molecule has 2 unspecified atom stereocenters. The Morgan fingerprint density at radius 3 is 2.28 bits per heavy atom. The lowest BCUT2D eigenvalue weighted by molar-refractivity contribution is -0.137. The van der Waals surface area contributed by atoms with Crippen LogP contribution in [0.3, 0.4) is 0 Å². The summed E-state index contributed by atoms with van der Waals surface area (Å²) in [6.45, 7) is 14.9. The molecule has 0 radical (unpaired) electrons. The van der Waals surface area contributed by atoms with Crippen molar-refractivity contribution < 1.29 is 9.59 Å². The number of amidine groups is 1. The normalized spacial score (nSPS) is 28.6. The second-order valence-electron chi connectivity index (χ2n) is 9.11. The van der Waals surface area contributed by atoms with E-state index in [1.54, 1.807) is 0 Å². The summed E-state index contributed by atoms with van der Waals surface area (Å²) in [6, 6.07) is 0.0725. The molecule has 2 amide bonds. The number of aliphatic imine (C=N–C) groups is 1. The molecule has 1 fully saturated rings. The van der Waals surface area contributed by atoms with Gasteiger partial charge in [-0.15, -0.1) is 0 Å². The van der Waals surface area contributed by atoms with Gasteiger partial charge >= 0.3 is 0 Å². The zero-order valence-electron chi connectivity index (χ0n) is 18.9. The average Bonchev–Trinajstić information content (AvgIpc) is 2.92. The van der Waals surface area contributed by atoms with Crippen molar-refractivity contribution in [3.05, 3.63) is 11.3 Å². The summed E-state index contributed by atoms with van der Waals surface area (Å²) in [6.07, 6.45) is 0.461. The number of hydrogen-bond acceptors (Lipinski definition) is 6. The Bertz CT molecular complexity index is 750. The minimum atomic E-state index is -0.449. The second kappa shape index (κ2) is 7.63. The van der Waals surface area contributed by atoms with Gasteiger partial charge in [-0.25, -0.2) is 4.99 Å². The molecule has 2 N–H and O–H groups in total. The molecule has 0 aromatic rings. The minimum absolute atomic E-state index is 0.00475. The predicted octanol–water partition coefficient (Wildman–Crippen LogP) is 1.05. The van der Waals surface area contributed by atoms with Gasteiger partial charge in [0.05, 0.1) is 5.54 Å². The summed E-state index contributed by atoms with van der Waals surface area (Å²) < 4.78 is 0. The van der Waals surface area contributed by atoms with Crippen LogP contribution in [0.1, 0.15) is 48.0 Å². The molecular formula is C21H36N6O2. The van der Waals surface area contributed by atoms with Gasteiger partial charge in [0.2, 0.25) is 5.91 Å². The Morgan fingerprint density at radius 1 is 1.21 bits per heavy atom. The first kappa shape index (κ1) is 21.6. The quantitative estimate of drug-likeness (QED) is 0.757. The van der Waals surface area contributed by atoms with E-state index < -0.39 is 5.54 Å². The van der Waals surface area contributed by atoms with Gasteiger partial charge in [0.25, 0.3) is 5.91 Å². The predicted molar refractivity (Wildman–Crippen MR) is 114 cm³/mol. The van der Waals surface area contributed by atoms with Gasteiger partial charge in [-0.1, -0.05) is 20.8 Å². The number of carbonyl (C=O) groups is 2. The highest BCUT2D eigenvalue weighted by Gasteiger charge is 2.53. The molecule has 2 atom stereocenters. The topological polar surface area (TPSA) is 85.5 Å². The Balaban J connectivity index is 1.85. The number of nitrogens with zero attached hydrogens (tertiary/aromatic N) is 5. The Hall–Kier alpha value is -2.09. The van der Waals surface area contributed by atoms with Gasteiger partial charge in [-0.2, -0.15) is 0 Å². The van der Waals surface area contributed by atoms with Crippen LogP contribution < -0.4 is 5.73 Å². The van der Waals surface area contributed by atoms with E-state index in [4.69, 9.17) is 10.7 Å². The van der Waals surface area contributed by atoms with Gasteiger partial charge in [-0.3, -0.25) is 14.5 Å². The van der Waals surface area contributed by atoms with Gasteiger partial charge in [0.1, 0.15) is 11.5 Å². The van der Waals surface area contributed by atoms with Crippen molar-refractivity contribution in [2.75, 3.05) is 33.2 Å². The molecule has 3 heterocycles. The maximum Gasteiger partial charge on any atom is 0.271 e. The van der Waals surface area contributed by atoms with Crippen molar-refractivity contribution in [2.45, 2.75) is 65.8 Å². The Labute approximate surface area is 174 Å². The monoisotopic (exact) mass is 404 g/mol. The highest BCUT2D eigenvalue weighted by Crippen LogP contribution is 2.43. The Morgan fingerprint density at radius 2 is 1.79 bits per heavy atom. The van der Waals surface area contributed by atoms with E-state index in [0.29, 0.717) is 37.7 Å². The lowest BCUT2D eigenvalue weighted by atomic mass is 9.87. The number of carbonyl (C=O) groups excluding carboxylic acids is 2. The van der Waals surface area contributed by atoms with Crippen molar-refractivity contribution >= 4 is 17.6 Å². The van der Waals surface area contributed by atoms with Crippen LogP contribution in [0.25, 0.3) is 0 Å². The van der Waals surface area contributed by atoms with E-state index in [9.17, 15) is 9.59 Å². The first-order chi connectivity index (χ1) is 13.5. The van der Waals surface area contributed by atoms with Crippen molar-refractivity contribution in [1.29, 1.82) is 0 Å². The lowest BCUT2D eigenvalue weighted by Gasteiger charge is -2.43. The summed E-state index contributed by atoms with van der Waals surface area (Å²) in [4.78, 5) is 38.5. The van der Waals surface area contributed by atoms with Crippen molar-refractivity contribution in [3.8, 4) is 0 Å². The summed E-state index contributed by atoms with van der Waals surface area (Å²) in [5.41, 5.74) is 7.54. The number of amides is 2. The van der Waals surface area contributed by atoms with Gasteiger partial charge < -0.3 is 20.4 Å². The fourth-order valence-corrected chi connectivity index (χ4v) is 4.95. The van der Waals surface area contributed by atoms with Crippen LogP contribution in [0.2, 0.25) is 0 Å². The van der Waals surface area contributed by atoms with Gasteiger partial charge in [0, 0.05) is 50.8 Å². The van der Waals surface area contributed by atoms with E-state index in [1.807, 2.05) is 49.4 Å². The van der Waals surface area contributed by atoms with Crippen molar-refractivity contribution in [1.82, 2.24) is 19.6 Å². The third-order valence-corrected chi connectivity index (χ3v) is 6.59. The first-order valence-electron chi connectivity index (χ1n) is 10.7. The maximum absolute atomic E-state index is 13.4. The fourth-order valence-electron chi connectivity index (χ4n) is 4.95. The van der Waals surface area contributed by atoms with E-state index in [-0.39, 0.29) is 30.1 Å². The molecule has 29 heavy (non-hydrogen) atoms. The van der Waals surface area contributed by atoms with Crippen LogP contribution >= 0.6 is 0 Å². The highest BCUT2D eigenvalue weighted by atomic mass is 16.2. The lowest BCUT2D eigenvalue weighted by Crippen LogP contribution is -2.57. The van der Waals surface area contributed by atoms with Gasteiger partial charge in [-0.05, 0) is 27.2 Å². The van der Waals surface area contributed by atoms with Crippen LogP contribution in [-0.4, -0.2) is 88.3 Å².